The summed E-state index contributed by atoms with van der Waals surface area (Å²) in [6, 6.07) is 8.48. The molecule has 0 bridgehead atoms. The van der Waals surface area contributed by atoms with Crippen LogP contribution < -0.4 is 10.5 Å². The number of hydrogen-bond donors (Lipinski definition) is 1. The van der Waals surface area contributed by atoms with Crippen molar-refractivity contribution in [3.05, 3.63) is 29.8 Å². The zero-order valence-electron chi connectivity index (χ0n) is 10.1. The molecule has 0 aliphatic heterocycles. The Bertz CT molecular complexity index is 286. The Morgan fingerprint density at radius 3 is 2.62 bits per heavy atom. The van der Waals surface area contributed by atoms with E-state index in [1.165, 1.54) is 5.56 Å². The van der Waals surface area contributed by atoms with Gasteiger partial charge >= 0.3 is 0 Å². The summed E-state index contributed by atoms with van der Waals surface area (Å²) in [7, 11) is 0. The van der Waals surface area contributed by atoms with Gasteiger partial charge in [0.1, 0.15) is 5.75 Å². The molecule has 0 saturated heterocycles. The highest BCUT2D eigenvalue weighted by Gasteiger charge is 1.99. The van der Waals surface area contributed by atoms with Crippen LogP contribution >= 0.6 is 11.8 Å². The van der Waals surface area contributed by atoms with Gasteiger partial charge < -0.3 is 10.5 Å². The third-order valence-corrected chi connectivity index (χ3v) is 3.49. The topological polar surface area (TPSA) is 35.2 Å². The lowest BCUT2D eigenvalue weighted by Crippen LogP contribution is -2.21. The molecule has 0 fully saturated rings. The molecular formula is C13H21NOS. The summed E-state index contributed by atoms with van der Waals surface area (Å²) in [6.45, 7) is 4.95. The number of rotatable bonds is 7. The summed E-state index contributed by atoms with van der Waals surface area (Å²) in [5.41, 5.74) is 7.08. The van der Waals surface area contributed by atoms with E-state index in [0.29, 0.717) is 6.04 Å². The van der Waals surface area contributed by atoms with Gasteiger partial charge in [0.15, 0.2) is 0 Å². The Morgan fingerprint density at radius 2 is 2.00 bits per heavy atom. The van der Waals surface area contributed by atoms with Crippen molar-refractivity contribution in [1.82, 2.24) is 0 Å². The van der Waals surface area contributed by atoms with Gasteiger partial charge in [0.25, 0.3) is 0 Å². The van der Waals surface area contributed by atoms with E-state index in [0.717, 1.165) is 30.3 Å². The maximum Gasteiger partial charge on any atom is 0.119 e. The minimum atomic E-state index is 0.323. The summed E-state index contributed by atoms with van der Waals surface area (Å²) in [4.78, 5) is 0. The van der Waals surface area contributed by atoms with Crippen molar-refractivity contribution in [2.45, 2.75) is 26.3 Å². The molecule has 0 heterocycles. The molecule has 1 rings (SSSR count). The predicted octanol–water partition coefficient (Wildman–Crippen LogP) is 2.84. The highest BCUT2D eigenvalue weighted by molar-refractivity contribution is 7.99. The van der Waals surface area contributed by atoms with Gasteiger partial charge in [-0.1, -0.05) is 24.6 Å². The molecule has 0 spiro atoms. The Labute approximate surface area is 103 Å². The lowest BCUT2D eigenvalue weighted by molar-refractivity contribution is 0.344. The Balaban J connectivity index is 2.09. The SMILES string of the molecule is CCC(N)CSCCOc1ccc(C)cc1. The lowest BCUT2D eigenvalue weighted by Gasteiger charge is -2.09. The van der Waals surface area contributed by atoms with Crippen LogP contribution in [-0.2, 0) is 0 Å². The van der Waals surface area contributed by atoms with Gasteiger partial charge in [-0.2, -0.15) is 11.8 Å². The molecule has 0 aliphatic rings. The summed E-state index contributed by atoms with van der Waals surface area (Å²) in [5, 5.41) is 0. The highest BCUT2D eigenvalue weighted by atomic mass is 32.2. The average Bonchev–Trinajstić information content (AvgIpc) is 2.31. The summed E-state index contributed by atoms with van der Waals surface area (Å²) < 4.78 is 5.61. The first-order chi connectivity index (χ1) is 7.72. The van der Waals surface area contributed by atoms with Crippen LogP contribution in [0.1, 0.15) is 18.9 Å². The zero-order chi connectivity index (χ0) is 11.8. The van der Waals surface area contributed by atoms with Gasteiger partial charge in [-0.05, 0) is 25.5 Å². The Hall–Kier alpha value is -0.670. The van der Waals surface area contributed by atoms with Gasteiger partial charge in [-0.25, -0.2) is 0 Å². The largest absolute Gasteiger partial charge is 0.493 e. The van der Waals surface area contributed by atoms with Crippen LogP contribution in [-0.4, -0.2) is 24.2 Å². The first-order valence-electron chi connectivity index (χ1n) is 5.75. The molecule has 1 aromatic carbocycles. The van der Waals surface area contributed by atoms with Crippen molar-refractivity contribution in [2.24, 2.45) is 5.73 Å². The third kappa shape index (κ3) is 5.42. The van der Waals surface area contributed by atoms with Crippen molar-refractivity contribution in [3.63, 3.8) is 0 Å². The van der Waals surface area contributed by atoms with Crippen LogP contribution in [0.4, 0.5) is 0 Å². The maximum atomic E-state index is 5.82. The van der Waals surface area contributed by atoms with Crippen LogP contribution in [0.15, 0.2) is 24.3 Å². The second-order valence-electron chi connectivity index (χ2n) is 3.90. The standard InChI is InChI=1S/C13H21NOS/c1-3-12(14)10-16-9-8-15-13-6-4-11(2)5-7-13/h4-7,12H,3,8-10,14H2,1-2H3. The van der Waals surface area contributed by atoms with Gasteiger partial charge in [0.2, 0.25) is 0 Å². The molecule has 3 heteroatoms. The van der Waals surface area contributed by atoms with Gasteiger partial charge in [-0.3, -0.25) is 0 Å². The van der Waals surface area contributed by atoms with Crippen LogP contribution in [0.3, 0.4) is 0 Å². The molecule has 90 valence electrons. The lowest BCUT2D eigenvalue weighted by atomic mass is 10.2. The molecule has 0 amide bonds. The van der Waals surface area contributed by atoms with E-state index in [-0.39, 0.29) is 0 Å². The molecule has 0 aliphatic carbocycles. The van der Waals surface area contributed by atoms with E-state index in [2.05, 4.69) is 26.0 Å². The van der Waals surface area contributed by atoms with E-state index in [9.17, 15) is 0 Å². The predicted molar refractivity (Wildman–Crippen MR) is 72.3 cm³/mol. The molecule has 0 saturated carbocycles. The minimum Gasteiger partial charge on any atom is -0.493 e. The van der Waals surface area contributed by atoms with Crippen molar-refractivity contribution in [3.8, 4) is 5.75 Å². The smallest absolute Gasteiger partial charge is 0.119 e. The molecule has 16 heavy (non-hydrogen) atoms. The molecule has 2 nitrogen and oxygen atoms in total. The monoisotopic (exact) mass is 239 g/mol. The van der Waals surface area contributed by atoms with Crippen molar-refractivity contribution in [1.29, 1.82) is 0 Å². The second kappa shape index (κ2) is 7.58. The fourth-order valence-electron chi connectivity index (χ4n) is 1.21. The molecule has 0 radical (unpaired) electrons. The first kappa shape index (κ1) is 13.4. The van der Waals surface area contributed by atoms with Crippen molar-refractivity contribution in [2.75, 3.05) is 18.1 Å². The number of benzene rings is 1. The Morgan fingerprint density at radius 1 is 1.31 bits per heavy atom. The van der Waals surface area contributed by atoms with Crippen molar-refractivity contribution < 1.29 is 4.74 Å². The molecule has 0 aromatic heterocycles. The van der Waals surface area contributed by atoms with E-state index >= 15 is 0 Å². The van der Waals surface area contributed by atoms with Crippen LogP contribution in [0.2, 0.25) is 0 Å². The van der Waals surface area contributed by atoms with E-state index in [4.69, 9.17) is 10.5 Å². The normalized spacial score (nSPS) is 12.4. The molecule has 1 atom stereocenters. The second-order valence-corrected chi connectivity index (χ2v) is 5.05. The average molecular weight is 239 g/mol. The molecule has 1 unspecified atom stereocenters. The number of ether oxygens (including phenoxy) is 1. The number of nitrogens with two attached hydrogens (primary N) is 1. The summed E-state index contributed by atoms with van der Waals surface area (Å²) in [5.74, 6) is 2.97. The number of aryl methyl sites for hydroxylation is 1. The van der Waals surface area contributed by atoms with Gasteiger partial charge in [-0.15, -0.1) is 0 Å². The maximum absolute atomic E-state index is 5.82. The van der Waals surface area contributed by atoms with Crippen LogP contribution in [0.25, 0.3) is 0 Å². The summed E-state index contributed by atoms with van der Waals surface area (Å²) >= 11 is 1.86. The third-order valence-electron chi connectivity index (χ3n) is 2.37. The quantitative estimate of drug-likeness (QED) is 0.743. The Kier molecular flexibility index (Phi) is 6.34. The van der Waals surface area contributed by atoms with Crippen LogP contribution in [0.5, 0.6) is 5.75 Å². The van der Waals surface area contributed by atoms with Gasteiger partial charge in [0.05, 0.1) is 6.61 Å². The fraction of sp³-hybridized carbons (Fsp3) is 0.538. The summed E-state index contributed by atoms with van der Waals surface area (Å²) in [6.07, 6.45) is 1.05. The molecule has 1 aromatic rings. The zero-order valence-corrected chi connectivity index (χ0v) is 10.9. The minimum absolute atomic E-state index is 0.323. The van der Waals surface area contributed by atoms with Crippen molar-refractivity contribution >= 4 is 11.8 Å². The number of hydrogen-bond acceptors (Lipinski definition) is 3. The fourth-order valence-corrected chi connectivity index (χ4v) is 2.11. The van der Waals surface area contributed by atoms with E-state index in [1.807, 2.05) is 23.9 Å². The number of thioether (sulfide) groups is 1. The van der Waals surface area contributed by atoms with E-state index < -0.39 is 0 Å². The molecular weight excluding hydrogens is 218 g/mol. The highest BCUT2D eigenvalue weighted by Crippen LogP contribution is 2.12. The first-order valence-corrected chi connectivity index (χ1v) is 6.90. The van der Waals surface area contributed by atoms with Crippen LogP contribution in [0, 0.1) is 6.92 Å². The van der Waals surface area contributed by atoms with Gasteiger partial charge in [0, 0.05) is 17.5 Å². The molecule has 2 N–H and O–H groups in total. The van der Waals surface area contributed by atoms with E-state index in [1.54, 1.807) is 0 Å².